The molecule has 158 valence electrons. The summed E-state index contributed by atoms with van der Waals surface area (Å²) in [5.41, 5.74) is 0.164. The van der Waals surface area contributed by atoms with Gasteiger partial charge in [0.05, 0.1) is 23.0 Å². The first-order chi connectivity index (χ1) is 14.8. The molecule has 3 heterocycles. The lowest BCUT2D eigenvalue weighted by molar-refractivity contribution is -0.141. The van der Waals surface area contributed by atoms with Crippen LogP contribution in [-0.2, 0) is 12.7 Å². The number of alkyl halides is 3. The van der Waals surface area contributed by atoms with Gasteiger partial charge in [0.1, 0.15) is 17.6 Å². The van der Waals surface area contributed by atoms with Crippen LogP contribution in [0.2, 0.25) is 0 Å². The highest BCUT2D eigenvalue weighted by molar-refractivity contribution is 5.94. The fourth-order valence-corrected chi connectivity index (χ4v) is 3.51. The van der Waals surface area contributed by atoms with Crippen molar-refractivity contribution in [1.82, 2.24) is 20.1 Å². The number of aryl methyl sites for hydroxylation is 1. The number of rotatable bonds is 3. The minimum Gasteiger partial charge on any atom is -0.344 e. The predicted molar refractivity (Wildman–Crippen MR) is 101 cm³/mol. The maximum Gasteiger partial charge on any atom is 0.433 e. The number of nitrogens with one attached hydrogen (secondary N) is 1. The van der Waals surface area contributed by atoms with Crippen LogP contribution < -0.4 is 5.32 Å². The summed E-state index contributed by atoms with van der Waals surface area (Å²) in [5.74, 6) is -1.20. The van der Waals surface area contributed by atoms with Gasteiger partial charge in [-0.2, -0.15) is 23.5 Å². The Morgan fingerprint density at radius 3 is 2.77 bits per heavy atom. The molecule has 31 heavy (non-hydrogen) atoms. The van der Waals surface area contributed by atoms with Crippen molar-refractivity contribution >= 4 is 5.91 Å². The summed E-state index contributed by atoms with van der Waals surface area (Å²) >= 11 is 0. The molecule has 0 radical (unpaired) electrons. The van der Waals surface area contributed by atoms with Crippen molar-refractivity contribution in [3.05, 3.63) is 70.9 Å². The molecule has 0 spiro atoms. The number of nitriles is 1. The molecule has 10 heteroatoms. The molecule has 2 aromatic heterocycles. The van der Waals surface area contributed by atoms with Gasteiger partial charge in [-0.25, -0.2) is 4.39 Å². The van der Waals surface area contributed by atoms with Crippen LogP contribution in [0, 0.1) is 17.1 Å². The molecule has 1 N–H and O–H groups in total. The minimum absolute atomic E-state index is 0.138. The third-order valence-corrected chi connectivity index (χ3v) is 5.03. The first kappa shape index (κ1) is 20.5. The Morgan fingerprint density at radius 2 is 2.03 bits per heavy atom. The molecule has 4 rings (SSSR count). The van der Waals surface area contributed by atoms with Crippen molar-refractivity contribution in [1.29, 1.82) is 5.26 Å². The molecule has 1 aliphatic rings. The van der Waals surface area contributed by atoms with Crippen molar-refractivity contribution in [2.45, 2.75) is 31.6 Å². The van der Waals surface area contributed by atoms with E-state index >= 15 is 0 Å². The minimum atomic E-state index is -4.57. The highest BCUT2D eigenvalue weighted by Gasteiger charge is 2.33. The predicted octanol–water partition coefficient (Wildman–Crippen LogP) is 4.24. The average Bonchev–Trinajstić information content (AvgIpc) is 3.19. The van der Waals surface area contributed by atoms with Crippen LogP contribution >= 0.6 is 0 Å². The number of carbonyl (C=O) groups is 1. The van der Waals surface area contributed by atoms with Gasteiger partial charge in [0.25, 0.3) is 5.91 Å². The van der Waals surface area contributed by atoms with Crippen LogP contribution in [0.3, 0.4) is 0 Å². The van der Waals surface area contributed by atoms with E-state index in [-0.39, 0.29) is 16.7 Å². The molecule has 0 saturated heterocycles. The smallest absolute Gasteiger partial charge is 0.344 e. The molecule has 0 saturated carbocycles. The topological polar surface area (TPSA) is 83.6 Å². The average molecular weight is 429 g/mol. The fourth-order valence-electron chi connectivity index (χ4n) is 3.51. The molecule has 0 fully saturated rings. The SMILES string of the molecule is N#Cc1cc(C(=O)N[C@H]2CCCn3nc(-c4ccnc(C(F)(F)F)c4)cc32)ccc1F. The van der Waals surface area contributed by atoms with Gasteiger partial charge in [-0.1, -0.05) is 0 Å². The molecule has 1 amide bonds. The number of amides is 1. The van der Waals surface area contributed by atoms with Gasteiger partial charge in [0.2, 0.25) is 0 Å². The van der Waals surface area contributed by atoms with Gasteiger partial charge in [-0.3, -0.25) is 14.5 Å². The third kappa shape index (κ3) is 4.12. The van der Waals surface area contributed by atoms with E-state index < -0.39 is 29.6 Å². The van der Waals surface area contributed by atoms with Crippen molar-refractivity contribution in [2.24, 2.45) is 0 Å². The molecule has 0 aliphatic carbocycles. The summed E-state index contributed by atoms with van der Waals surface area (Å²) in [7, 11) is 0. The highest BCUT2D eigenvalue weighted by atomic mass is 19.4. The first-order valence-corrected chi connectivity index (χ1v) is 9.38. The van der Waals surface area contributed by atoms with Crippen molar-refractivity contribution < 1.29 is 22.4 Å². The molecule has 3 aromatic rings. The van der Waals surface area contributed by atoms with Gasteiger partial charge >= 0.3 is 6.18 Å². The van der Waals surface area contributed by atoms with Crippen LogP contribution in [0.25, 0.3) is 11.3 Å². The molecular weight excluding hydrogens is 414 g/mol. The van der Waals surface area contributed by atoms with Crippen LogP contribution in [-0.4, -0.2) is 20.7 Å². The van der Waals surface area contributed by atoms with Crippen molar-refractivity contribution in [2.75, 3.05) is 0 Å². The first-order valence-electron chi connectivity index (χ1n) is 9.38. The molecule has 6 nitrogen and oxygen atoms in total. The Morgan fingerprint density at radius 1 is 1.23 bits per heavy atom. The summed E-state index contributed by atoms with van der Waals surface area (Å²) in [4.78, 5) is 16.0. The second kappa shape index (κ2) is 7.83. The lowest BCUT2D eigenvalue weighted by Gasteiger charge is -2.24. The molecular formula is C21H15F4N5O. The molecule has 1 aliphatic heterocycles. The van der Waals surface area contributed by atoms with Crippen LogP contribution in [0.5, 0.6) is 0 Å². The zero-order valence-electron chi connectivity index (χ0n) is 15.9. The Hall–Kier alpha value is -3.74. The van der Waals surface area contributed by atoms with E-state index in [1.807, 2.05) is 0 Å². The summed E-state index contributed by atoms with van der Waals surface area (Å²) in [6, 6.07) is 8.80. The third-order valence-electron chi connectivity index (χ3n) is 5.03. The van der Waals surface area contributed by atoms with Gasteiger partial charge in [-0.05, 0) is 49.2 Å². The maximum atomic E-state index is 13.5. The second-order valence-corrected chi connectivity index (χ2v) is 7.08. The molecule has 0 bridgehead atoms. The lowest BCUT2D eigenvalue weighted by atomic mass is 10.0. The van der Waals surface area contributed by atoms with E-state index in [2.05, 4.69) is 15.4 Å². The van der Waals surface area contributed by atoms with Crippen LogP contribution in [0.15, 0.2) is 42.6 Å². The monoisotopic (exact) mass is 429 g/mol. The second-order valence-electron chi connectivity index (χ2n) is 7.08. The normalized spacial score (nSPS) is 15.8. The zero-order valence-corrected chi connectivity index (χ0v) is 15.9. The van der Waals surface area contributed by atoms with Gasteiger partial charge in [-0.15, -0.1) is 0 Å². The number of carbonyl (C=O) groups excluding carboxylic acids is 1. The van der Waals surface area contributed by atoms with Gasteiger partial charge < -0.3 is 5.32 Å². The summed E-state index contributed by atoms with van der Waals surface area (Å²) in [5, 5.41) is 16.2. The van der Waals surface area contributed by atoms with E-state index in [1.165, 1.54) is 18.2 Å². The van der Waals surface area contributed by atoms with Crippen LogP contribution in [0.4, 0.5) is 17.6 Å². The quantitative estimate of drug-likeness (QED) is 0.632. The summed E-state index contributed by atoms with van der Waals surface area (Å²) < 4.78 is 54.1. The van der Waals surface area contributed by atoms with E-state index in [9.17, 15) is 22.4 Å². The standard InChI is InChI=1S/C21H15F4N5O/c22-15-4-3-13(8-14(15)11-26)20(31)28-16-2-1-7-30-18(16)10-17(29-30)12-5-6-27-19(9-12)21(23,24)25/h3-6,8-10,16H,1-2,7H2,(H,28,31)/t16-/m0/s1. The fraction of sp³-hybridized carbons (Fsp3) is 0.238. The number of hydrogen-bond acceptors (Lipinski definition) is 4. The zero-order chi connectivity index (χ0) is 22.2. The highest BCUT2D eigenvalue weighted by Crippen LogP contribution is 2.32. The Balaban J connectivity index is 1.60. The maximum absolute atomic E-state index is 13.5. The number of fused-ring (bicyclic) bond motifs is 1. The number of nitrogens with zero attached hydrogens (tertiary/aromatic N) is 4. The van der Waals surface area contributed by atoms with Crippen molar-refractivity contribution in [3.63, 3.8) is 0 Å². The summed E-state index contributed by atoms with van der Waals surface area (Å²) in [6.45, 7) is 0.564. The van der Waals surface area contributed by atoms with Gasteiger partial charge in [0.15, 0.2) is 0 Å². The Labute approximate surface area is 174 Å². The Kier molecular flexibility index (Phi) is 5.19. The van der Waals surface area contributed by atoms with E-state index in [1.54, 1.807) is 16.8 Å². The molecule has 1 atom stereocenters. The van der Waals surface area contributed by atoms with E-state index in [0.717, 1.165) is 18.3 Å². The molecule has 1 aromatic carbocycles. The van der Waals surface area contributed by atoms with Gasteiger partial charge in [0, 0.05) is 23.9 Å². The Bertz CT molecular complexity index is 1200. The number of benzene rings is 1. The summed E-state index contributed by atoms with van der Waals surface area (Å²) in [6.07, 6.45) is -2.18. The number of aromatic nitrogens is 3. The van der Waals surface area contributed by atoms with Crippen molar-refractivity contribution in [3.8, 4) is 17.3 Å². The lowest BCUT2D eigenvalue weighted by Crippen LogP contribution is -2.32. The largest absolute Gasteiger partial charge is 0.433 e. The number of hydrogen-bond donors (Lipinski definition) is 1. The van der Waals surface area contributed by atoms with E-state index in [0.29, 0.717) is 30.8 Å². The van der Waals surface area contributed by atoms with Crippen LogP contribution in [0.1, 0.15) is 46.2 Å². The number of pyridine rings is 1. The van der Waals surface area contributed by atoms with E-state index in [4.69, 9.17) is 5.26 Å². The molecule has 0 unspecified atom stereocenters. The number of halogens is 4.